The van der Waals surface area contributed by atoms with Gasteiger partial charge in [0.25, 0.3) is 0 Å². The summed E-state index contributed by atoms with van der Waals surface area (Å²) in [6.07, 6.45) is 3.96. The predicted octanol–water partition coefficient (Wildman–Crippen LogP) is 5.69. The van der Waals surface area contributed by atoms with Crippen LogP contribution in [-0.2, 0) is 9.59 Å². The molecule has 1 saturated heterocycles. The van der Waals surface area contributed by atoms with Gasteiger partial charge in [0.1, 0.15) is 5.37 Å². The molecule has 166 valence electrons. The summed E-state index contributed by atoms with van der Waals surface area (Å²) in [5.41, 5.74) is 3.87. The van der Waals surface area contributed by atoms with Crippen LogP contribution in [0.25, 0.3) is 0 Å². The Morgan fingerprint density at radius 1 is 1.13 bits per heavy atom. The normalized spacial score (nSPS) is 17.0. The molecule has 1 aliphatic rings. The molecule has 6 heteroatoms. The van der Waals surface area contributed by atoms with E-state index < -0.39 is 0 Å². The number of nitrogens with zero attached hydrogens (tertiary/aromatic N) is 2. The number of rotatable bonds is 9. The highest BCUT2D eigenvalue weighted by Crippen LogP contribution is 2.42. The topological polar surface area (TPSA) is 52.7 Å². The SMILES string of the molecule is CCCC[C@H](CC)C(=O)Nc1ccc([C@@H]2SCC(=O)N2c2ccc(N(C)C)cc2)cc1. The Labute approximate surface area is 190 Å². The molecule has 0 bridgehead atoms. The Morgan fingerprint density at radius 3 is 2.39 bits per heavy atom. The fourth-order valence-electron chi connectivity index (χ4n) is 3.81. The summed E-state index contributed by atoms with van der Waals surface area (Å²) in [5, 5.41) is 3.00. The third-order valence-electron chi connectivity index (χ3n) is 5.75. The standard InChI is InChI=1S/C25H33N3O2S/c1-5-7-8-18(6-2)24(30)26-20-11-9-19(10-12-20)25-28(23(29)17-31-25)22-15-13-21(14-16-22)27(3)4/h9-16,18,25H,5-8,17H2,1-4H3,(H,26,30)/t18-,25-/m0/s1. The molecule has 0 aromatic heterocycles. The molecule has 5 nitrogen and oxygen atoms in total. The maximum absolute atomic E-state index is 12.6. The first kappa shape index (κ1) is 23.2. The van der Waals surface area contributed by atoms with Gasteiger partial charge in [0, 0.05) is 37.1 Å². The van der Waals surface area contributed by atoms with Crippen molar-refractivity contribution in [3.05, 3.63) is 54.1 Å². The zero-order valence-electron chi connectivity index (χ0n) is 18.9. The van der Waals surface area contributed by atoms with Crippen LogP contribution in [0, 0.1) is 5.92 Å². The first-order valence-corrected chi connectivity index (χ1v) is 12.1. The summed E-state index contributed by atoms with van der Waals surface area (Å²) in [7, 11) is 4.00. The van der Waals surface area contributed by atoms with Crippen LogP contribution in [0.1, 0.15) is 50.5 Å². The summed E-state index contributed by atoms with van der Waals surface area (Å²) >= 11 is 1.63. The molecule has 2 amide bonds. The molecule has 3 rings (SSSR count). The van der Waals surface area contributed by atoms with E-state index >= 15 is 0 Å². The molecule has 2 aromatic carbocycles. The first-order chi connectivity index (χ1) is 14.9. The van der Waals surface area contributed by atoms with Crippen molar-refractivity contribution in [1.29, 1.82) is 0 Å². The minimum Gasteiger partial charge on any atom is -0.378 e. The van der Waals surface area contributed by atoms with Gasteiger partial charge in [-0.1, -0.05) is 38.8 Å². The summed E-state index contributed by atoms with van der Waals surface area (Å²) in [6.45, 7) is 4.21. The smallest absolute Gasteiger partial charge is 0.238 e. The lowest BCUT2D eigenvalue weighted by molar-refractivity contribution is -0.120. The molecule has 0 aliphatic carbocycles. The number of hydrogen-bond donors (Lipinski definition) is 1. The molecule has 0 saturated carbocycles. The summed E-state index contributed by atoms with van der Waals surface area (Å²) in [4.78, 5) is 29.1. The Bertz CT molecular complexity index is 881. The van der Waals surface area contributed by atoms with Crippen molar-refractivity contribution in [1.82, 2.24) is 0 Å². The van der Waals surface area contributed by atoms with Crippen LogP contribution >= 0.6 is 11.8 Å². The lowest BCUT2D eigenvalue weighted by atomic mass is 9.98. The highest BCUT2D eigenvalue weighted by molar-refractivity contribution is 8.00. The highest BCUT2D eigenvalue weighted by Gasteiger charge is 2.34. The molecule has 1 N–H and O–H groups in total. The maximum atomic E-state index is 12.6. The van der Waals surface area contributed by atoms with Crippen LogP contribution in [0.3, 0.4) is 0 Å². The van der Waals surface area contributed by atoms with Crippen LogP contribution in [0.4, 0.5) is 17.1 Å². The van der Waals surface area contributed by atoms with Crippen LogP contribution < -0.4 is 15.1 Å². The summed E-state index contributed by atoms with van der Waals surface area (Å²) in [5.74, 6) is 0.737. The van der Waals surface area contributed by atoms with E-state index in [4.69, 9.17) is 0 Å². The second kappa shape index (κ2) is 10.7. The average molecular weight is 440 g/mol. The Hall–Kier alpha value is -2.47. The van der Waals surface area contributed by atoms with Gasteiger partial charge in [-0.2, -0.15) is 0 Å². The van der Waals surface area contributed by atoms with Crippen molar-refractivity contribution in [2.75, 3.05) is 35.0 Å². The second-order valence-corrected chi connectivity index (χ2v) is 9.27. The van der Waals surface area contributed by atoms with Gasteiger partial charge < -0.3 is 10.2 Å². The number of hydrogen-bond acceptors (Lipinski definition) is 4. The van der Waals surface area contributed by atoms with Gasteiger partial charge >= 0.3 is 0 Å². The molecule has 1 aliphatic heterocycles. The zero-order chi connectivity index (χ0) is 22.4. The monoisotopic (exact) mass is 439 g/mol. The van der Waals surface area contributed by atoms with Gasteiger partial charge in [0.2, 0.25) is 11.8 Å². The predicted molar refractivity (Wildman–Crippen MR) is 132 cm³/mol. The number of unbranched alkanes of at least 4 members (excludes halogenated alkanes) is 1. The molecule has 1 heterocycles. The minimum atomic E-state index is -0.0598. The van der Waals surface area contributed by atoms with Gasteiger partial charge in [-0.3, -0.25) is 14.5 Å². The number of thioether (sulfide) groups is 1. The van der Waals surface area contributed by atoms with Crippen molar-refractivity contribution < 1.29 is 9.59 Å². The third kappa shape index (κ3) is 5.62. The molecule has 2 atom stereocenters. The first-order valence-electron chi connectivity index (χ1n) is 11.1. The van der Waals surface area contributed by atoms with E-state index in [1.54, 1.807) is 11.8 Å². The lowest BCUT2D eigenvalue weighted by Crippen LogP contribution is -2.27. The molecule has 1 fully saturated rings. The summed E-state index contributed by atoms with van der Waals surface area (Å²) < 4.78 is 0. The van der Waals surface area contributed by atoms with Crippen molar-refractivity contribution in [2.45, 2.75) is 44.9 Å². The molecule has 2 aromatic rings. The van der Waals surface area contributed by atoms with Crippen molar-refractivity contribution in [2.24, 2.45) is 5.92 Å². The maximum Gasteiger partial charge on any atom is 0.238 e. The lowest BCUT2D eigenvalue weighted by Gasteiger charge is -2.25. The summed E-state index contributed by atoms with van der Waals surface area (Å²) in [6, 6.07) is 16.0. The highest BCUT2D eigenvalue weighted by atomic mass is 32.2. The van der Waals surface area contributed by atoms with Crippen LogP contribution in [0.5, 0.6) is 0 Å². The van der Waals surface area contributed by atoms with E-state index in [1.165, 1.54) is 0 Å². The Morgan fingerprint density at radius 2 is 1.81 bits per heavy atom. The number of benzene rings is 2. The van der Waals surface area contributed by atoms with Crippen molar-refractivity contribution in [3.8, 4) is 0 Å². The Balaban J connectivity index is 1.72. The molecule has 0 unspecified atom stereocenters. The van der Waals surface area contributed by atoms with E-state index in [1.807, 2.05) is 72.4 Å². The van der Waals surface area contributed by atoms with Crippen LogP contribution in [-0.4, -0.2) is 31.7 Å². The average Bonchev–Trinajstić information content (AvgIpc) is 3.16. The van der Waals surface area contributed by atoms with Gasteiger partial charge in [-0.05, 0) is 54.8 Å². The number of amides is 2. The molecular formula is C25H33N3O2S. The van der Waals surface area contributed by atoms with E-state index in [0.29, 0.717) is 5.75 Å². The van der Waals surface area contributed by atoms with Gasteiger partial charge in [0.15, 0.2) is 0 Å². The van der Waals surface area contributed by atoms with Gasteiger partial charge in [-0.15, -0.1) is 11.8 Å². The van der Waals surface area contributed by atoms with Gasteiger partial charge in [-0.25, -0.2) is 0 Å². The van der Waals surface area contributed by atoms with E-state index in [0.717, 1.165) is 48.3 Å². The molecule has 0 radical (unpaired) electrons. The third-order valence-corrected chi connectivity index (χ3v) is 6.96. The van der Waals surface area contributed by atoms with Crippen LogP contribution in [0.2, 0.25) is 0 Å². The van der Waals surface area contributed by atoms with Crippen molar-refractivity contribution >= 4 is 40.6 Å². The number of carbonyl (C=O) groups excluding carboxylic acids is 2. The largest absolute Gasteiger partial charge is 0.378 e. The molecular weight excluding hydrogens is 406 g/mol. The van der Waals surface area contributed by atoms with Crippen LogP contribution in [0.15, 0.2) is 48.5 Å². The number of anilines is 3. The molecule has 0 spiro atoms. The zero-order valence-corrected chi connectivity index (χ0v) is 19.7. The van der Waals surface area contributed by atoms with Gasteiger partial charge in [0.05, 0.1) is 5.75 Å². The van der Waals surface area contributed by atoms with Crippen molar-refractivity contribution in [3.63, 3.8) is 0 Å². The Kier molecular flexibility index (Phi) is 8.02. The quantitative estimate of drug-likeness (QED) is 0.546. The molecule has 31 heavy (non-hydrogen) atoms. The minimum absolute atomic E-state index is 0.0586. The van der Waals surface area contributed by atoms with E-state index in [9.17, 15) is 9.59 Å². The fourth-order valence-corrected chi connectivity index (χ4v) is 4.99. The number of carbonyl (C=O) groups is 2. The number of nitrogens with one attached hydrogen (secondary N) is 1. The van der Waals surface area contributed by atoms with E-state index in [-0.39, 0.29) is 23.1 Å². The van der Waals surface area contributed by atoms with E-state index in [2.05, 4.69) is 19.2 Å². The fraction of sp³-hybridized carbons (Fsp3) is 0.440. The second-order valence-electron chi connectivity index (χ2n) is 8.20.